The highest BCUT2D eigenvalue weighted by molar-refractivity contribution is 6.44. The molecule has 0 atom stereocenters. The number of carbonyl (C=O) groups excluding carboxylic acids is 2. The van der Waals surface area contributed by atoms with Gasteiger partial charge < -0.3 is 10.2 Å². The molecule has 1 heterocycles. The molecule has 136 valence electrons. The van der Waals surface area contributed by atoms with Crippen LogP contribution < -0.4 is 10.2 Å². The molecule has 0 saturated heterocycles. The average Bonchev–Trinajstić information content (AvgIpc) is 2.61. The van der Waals surface area contributed by atoms with Gasteiger partial charge in [0, 0.05) is 17.9 Å². The molecule has 0 spiro atoms. The predicted octanol–water partition coefficient (Wildman–Crippen LogP) is 4.28. The fourth-order valence-electron chi connectivity index (χ4n) is 2.87. The van der Waals surface area contributed by atoms with E-state index in [-0.39, 0.29) is 5.69 Å². The van der Waals surface area contributed by atoms with Crippen LogP contribution in [0.25, 0.3) is 0 Å². The monoisotopic (exact) mass is 382 g/mol. The summed E-state index contributed by atoms with van der Waals surface area (Å²) in [5.41, 5.74) is 0.370. The molecule has 1 aliphatic rings. The highest BCUT2D eigenvalue weighted by Gasteiger charge is 2.34. The molecular formula is C18H14ClF3N2O2. The number of aryl methyl sites for hydroxylation is 1. The van der Waals surface area contributed by atoms with Crippen LogP contribution in [0.1, 0.15) is 17.5 Å². The van der Waals surface area contributed by atoms with E-state index in [2.05, 4.69) is 5.32 Å². The first-order valence-corrected chi connectivity index (χ1v) is 8.22. The summed E-state index contributed by atoms with van der Waals surface area (Å²) in [5, 5.41) is 1.74. The molecule has 0 saturated carbocycles. The second kappa shape index (κ2) is 6.99. The van der Waals surface area contributed by atoms with Gasteiger partial charge in [0.25, 0.3) is 0 Å². The van der Waals surface area contributed by atoms with Gasteiger partial charge in [0.05, 0.1) is 10.6 Å². The summed E-state index contributed by atoms with van der Waals surface area (Å²) in [6.07, 6.45) is -3.16. The number of carbonyl (C=O) groups is 2. The maximum absolute atomic E-state index is 12.9. The third-order valence-corrected chi connectivity index (χ3v) is 4.41. The number of amides is 2. The molecule has 0 unspecified atom stereocenters. The molecule has 1 aliphatic heterocycles. The minimum Gasteiger partial charge on any atom is -0.318 e. The fourth-order valence-corrected chi connectivity index (χ4v) is 3.10. The first-order chi connectivity index (χ1) is 12.3. The van der Waals surface area contributed by atoms with Crippen LogP contribution >= 0.6 is 11.6 Å². The molecule has 2 aromatic carbocycles. The van der Waals surface area contributed by atoms with Crippen LogP contribution in [0.4, 0.5) is 24.5 Å². The van der Waals surface area contributed by atoms with Crippen LogP contribution in [-0.2, 0) is 22.2 Å². The Bertz CT molecular complexity index is 868. The van der Waals surface area contributed by atoms with Crippen molar-refractivity contribution in [3.63, 3.8) is 0 Å². The van der Waals surface area contributed by atoms with Gasteiger partial charge in [-0.25, -0.2) is 0 Å². The Labute approximate surface area is 152 Å². The van der Waals surface area contributed by atoms with E-state index >= 15 is 0 Å². The van der Waals surface area contributed by atoms with E-state index in [1.165, 1.54) is 11.0 Å². The number of para-hydroxylation sites is 1. The maximum Gasteiger partial charge on any atom is 0.417 e. The van der Waals surface area contributed by atoms with E-state index in [1.54, 1.807) is 12.1 Å². The second-order valence-corrected chi connectivity index (χ2v) is 6.24. The van der Waals surface area contributed by atoms with E-state index in [0.29, 0.717) is 24.7 Å². The SMILES string of the molecule is O=C(Nc1ccc(Cl)c(C(F)(F)F)c1)C(=O)N1CCCc2ccccc21. The summed E-state index contributed by atoms with van der Waals surface area (Å²) in [5.74, 6) is -1.82. The van der Waals surface area contributed by atoms with Crippen molar-refractivity contribution < 1.29 is 22.8 Å². The Morgan fingerprint density at radius 2 is 1.85 bits per heavy atom. The number of nitrogens with zero attached hydrogens (tertiary/aromatic N) is 1. The van der Waals surface area contributed by atoms with Crippen molar-refractivity contribution in [2.45, 2.75) is 19.0 Å². The smallest absolute Gasteiger partial charge is 0.318 e. The van der Waals surface area contributed by atoms with E-state index in [9.17, 15) is 22.8 Å². The minimum atomic E-state index is -4.66. The summed E-state index contributed by atoms with van der Waals surface area (Å²) in [6.45, 7) is 0.373. The van der Waals surface area contributed by atoms with Crippen LogP contribution in [0.15, 0.2) is 42.5 Å². The summed E-state index contributed by atoms with van der Waals surface area (Å²) in [7, 11) is 0. The van der Waals surface area contributed by atoms with Crippen LogP contribution in [0.2, 0.25) is 5.02 Å². The number of alkyl halides is 3. The van der Waals surface area contributed by atoms with Gasteiger partial charge in [0.2, 0.25) is 0 Å². The number of hydrogen-bond acceptors (Lipinski definition) is 2. The van der Waals surface area contributed by atoms with Crippen LogP contribution in [0.5, 0.6) is 0 Å². The van der Waals surface area contributed by atoms with E-state index in [1.807, 2.05) is 12.1 Å². The summed E-state index contributed by atoms with van der Waals surface area (Å²) in [6, 6.07) is 10.2. The highest BCUT2D eigenvalue weighted by atomic mass is 35.5. The molecule has 3 rings (SSSR count). The fraction of sp³-hybridized carbons (Fsp3) is 0.222. The lowest BCUT2D eigenvalue weighted by molar-refractivity contribution is -0.137. The van der Waals surface area contributed by atoms with Gasteiger partial charge in [-0.1, -0.05) is 29.8 Å². The Kier molecular flexibility index (Phi) is 4.91. The van der Waals surface area contributed by atoms with Crippen LogP contribution in [0, 0.1) is 0 Å². The molecule has 0 aromatic heterocycles. The number of rotatable bonds is 1. The zero-order valence-electron chi connectivity index (χ0n) is 13.4. The Balaban J connectivity index is 1.80. The maximum atomic E-state index is 12.9. The third kappa shape index (κ3) is 3.67. The van der Waals surface area contributed by atoms with Crippen molar-refractivity contribution in [3.8, 4) is 0 Å². The zero-order chi connectivity index (χ0) is 18.9. The molecule has 0 bridgehead atoms. The standard InChI is InChI=1S/C18H14ClF3N2O2/c19-14-8-7-12(10-13(14)18(20,21)22)23-16(25)17(26)24-9-3-5-11-4-1-2-6-15(11)24/h1-2,4,6-8,10H,3,5,9H2,(H,23,25). The van der Waals surface area contributed by atoms with Crippen molar-refractivity contribution in [1.29, 1.82) is 0 Å². The molecule has 2 amide bonds. The molecule has 0 radical (unpaired) electrons. The van der Waals surface area contributed by atoms with Gasteiger partial charge in [-0.2, -0.15) is 13.2 Å². The van der Waals surface area contributed by atoms with Crippen molar-refractivity contribution in [1.82, 2.24) is 0 Å². The molecule has 2 aromatic rings. The zero-order valence-corrected chi connectivity index (χ0v) is 14.2. The van der Waals surface area contributed by atoms with Crippen molar-refractivity contribution in [2.75, 3.05) is 16.8 Å². The third-order valence-electron chi connectivity index (χ3n) is 4.08. The highest BCUT2D eigenvalue weighted by Crippen LogP contribution is 2.36. The molecular weight excluding hydrogens is 369 g/mol. The van der Waals surface area contributed by atoms with Gasteiger partial charge in [-0.3, -0.25) is 9.59 Å². The molecule has 26 heavy (non-hydrogen) atoms. The summed E-state index contributed by atoms with van der Waals surface area (Å²) < 4.78 is 38.7. The van der Waals surface area contributed by atoms with Gasteiger partial charge in [0.15, 0.2) is 0 Å². The molecule has 4 nitrogen and oxygen atoms in total. The van der Waals surface area contributed by atoms with Crippen molar-refractivity contribution >= 4 is 34.8 Å². The molecule has 1 N–H and O–H groups in total. The molecule has 0 fully saturated rings. The number of anilines is 2. The van der Waals surface area contributed by atoms with Crippen LogP contribution in [0.3, 0.4) is 0 Å². The Morgan fingerprint density at radius 3 is 2.58 bits per heavy atom. The van der Waals surface area contributed by atoms with Gasteiger partial charge in [-0.05, 0) is 42.7 Å². The lowest BCUT2D eigenvalue weighted by Gasteiger charge is -2.28. The summed E-state index contributed by atoms with van der Waals surface area (Å²) in [4.78, 5) is 26.1. The van der Waals surface area contributed by atoms with Gasteiger partial charge in [-0.15, -0.1) is 0 Å². The Hall–Kier alpha value is -2.54. The summed E-state index contributed by atoms with van der Waals surface area (Å²) >= 11 is 5.55. The number of benzene rings is 2. The van der Waals surface area contributed by atoms with E-state index < -0.39 is 28.6 Å². The Morgan fingerprint density at radius 1 is 1.12 bits per heavy atom. The van der Waals surface area contributed by atoms with E-state index in [0.717, 1.165) is 18.1 Å². The first-order valence-electron chi connectivity index (χ1n) is 7.85. The predicted molar refractivity (Wildman–Crippen MR) is 92.2 cm³/mol. The quantitative estimate of drug-likeness (QED) is 0.748. The normalized spacial score (nSPS) is 13.9. The topological polar surface area (TPSA) is 49.4 Å². The average molecular weight is 383 g/mol. The van der Waals surface area contributed by atoms with Crippen molar-refractivity contribution in [2.24, 2.45) is 0 Å². The molecule has 8 heteroatoms. The van der Waals surface area contributed by atoms with Crippen LogP contribution in [-0.4, -0.2) is 18.4 Å². The number of fused-ring (bicyclic) bond motifs is 1. The number of hydrogen-bond donors (Lipinski definition) is 1. The number of halogens is 4. The minimum absolute atomic E-state index is 0.148. The molecule has 0 aliphatic carbocycles. The van der Waals surface area contributed by atoms with Crippen molar-refractivity contribution in [3.05, 3.63) is 58.6 Å². The van der Waals surface area contributed by atoms with E-state index in [4.69, 9.17) is 11.6 Å². The van der Waals surface area contributed by atoms with Gasteiger partial charge >= 0.3 is 18.0 Å². The number of nitrogens with one attached hydrogen (secondary N) is 1. The second-order valence-electron chi connectivity index (χ2n) is 5.84. The first kappa shape index (κ1) is 18.3. The van der Waals surface area contributed by atoms with Gasteiger partial charge in [0.1, 0.15) is 0 Å². The largest absolute Gasteiger partial charge is 0.417 e. The lowest BCUT2D eigenvalue weighted by atomic mass is 10.0. The lowest BCUT2D eigenvalue weighted by Crippen LogP contribution is -2.42.